The molecule has 0 aliphatic heterocycles. The third kappa shape index (κ3) is 5.13. The van der Waals surface area contributed by atoms with Crippen LogP contribution in [0, 0.1) is 4.91 Å². The second kappa shape index (κ2) is 9.25. The Hall–Kier alpha value is -1.69. The number of urea groups is 1. The second-order valence-corrected chi connectivity index (χ2v) is 3.74. The predicted molar refractivity (Wildman–Crippen MR) is 62.0 cm³/mol. The molecule has 0 aliphatic rings. The first-order chi connectivity index (χ1) is 9.42. The van der Waals surface area contributed by atoms with Crippen molar-refractivity contribution in [2.75, 3.05) is 19.8 Å². The van der Waals surface area contributed by atoms with Gasteiger partial charge in [0.1, 0.15) is 37.3 Å². The Kier molecular flexibility index (Phi) is 8.47. The molecule has 0 fully saturated rings. The number of aldehydes is 1. The molecule has 0 aromatic carbocycles. The zero-order valence-corrected chi connectivity index (χ0v) is 10.3. The maximum Gasteiger partial charge on any atom is 0.341 e. The topological polar surface area (TPSA) is 160 Å². The SMILES string of the molecule is O=C[C@H](NC(=O)N(CCF)N=O)[C@@H](O)[C@H](O)[C@H](O)CO. The largest absolute Gasteiger partial charge is 0.394 e. The van der Waals surface area contributed by atoms with Gasteiger partial charge in [-0.25, -0.2) is 9.18 Å². The van der Waals surface area contributed by atoms with Gasteiger partial charge in [0.25, 0.3) is 0 Å². The molecule has 0 radical (unpaired) electrons. The van der Waals surface area contributed by atoms with Gasteiger partial charge in [0.05, 0.1) is 18.4 Å². The van der Waals surface area contributed by atoms with Crippen LogP contribution in [0.2, 0.25) is 0 Å². The molecule has 0 aromatic heterocycles. The number of nitrogens with one attached hydrogen (secondary N) is 1. The number of nitroso groups, excluding NO2 is 1. The molecule has 0 rings (SSSR count). The number of rotatable bonds is 9. The number of carbonyl (C=O) groups is 2. The van der Waals surface area contributed by atoms with E-state index in [1.807, 2.05) is 5.32 Å². The number of hydrogen-bond donors (Lipinski definition) is 5. The number of amides is 2. The Morgan fingerprint density at radius 1 is 1.35 bits per heavy atom. The minimum Gasteiger partial charge on any atom is -0.394 e. The summed E-state index contributed by atoms with van der Waals surface area (Å²) in [6.07, 6.45) is -5.57. The average Bonchev–Trinajstić information content (AvgIpc) is 2.47. The molecule has 4 atom stereocenters. The van der Waals surface area contributed by atoms with Gasteiger partial charge in [0, 0.05) is 0 Å². The van der Waals surface area contributed by atoms with E-state index >= 15 is 0 Å². The van der Waals surface area contributed by atoms with Crippen LogP contribution in [0.4, 0.5) is 9.18 Å². The first kappa shape index (κ1) is 18.3. The summed E-state index contributed by atoms with van der Waals surface area (Å²) in [5, 5.41) is 40.8. The van der Waals surface area contributed by atoms with Gasteiger partial charge in [-0.1, -0.05) is 0 Å². The van der Waals surface area contributed by atoms with Gasteiger partial charge in [-0.05, 0) is 0 Å². The molecule has 0 heterocycles. The third-order valence-electron chi connectivity index (χ3n) is 2.37. The Morgan fingerprint density at radius 3 is 2.35 bits per heavy atom. The molecule has 20 heavy (non-hydrogen) atoms. The number of halogens is 1. The van der Waals surface area contributed by atoms with Crippen molar-refractivity contribution in [2.24, 2.45) is 5.29 Å². The Labute approximate surface area is 112 Å². The lowest BCUT2D eigenvalue weighted by Crippen LogP contribution is -2.55. The van der Waals surface area contributed by atoms with E-state index in [0.717, 1.165) is 0 Å². The number of aliphatic hydroxyl groups is 4. The van der Waals surface area contributed by atoms with Crippen molar-refractivity contribution >= 4 is 12.3 Å². The lowest BCUT2D eigenvalue weighted by atomic mass is 10.0. The van der Waals surface area contributed by atoms with Crippen LogP contribution in [0.1, 0.15) is 0 Å². The quantitative estimate of drug-likeness (QED) is 0.176. The second-order valence-electron chi connectivity index (χ2n) is 3.74. The molecule has 0 saturated carbocycles. The summed E-state index contributed by atoms with van der Waals surface area (Å²) in [5.74, 6) is 0. The number of alkyl halides is 1. The lowest BCUT2D eigenvalue weighted by Gasteiger charge is -2.26. The first-order valence-electron chi connectivity index (χ1n) is 5.50. The van der Waals surface area contributed by atoms with Gasteiger partial charge in [0.15, 0.2) is 0 Å². The van der Waals surface area contributed by atoms with Gasteiger partial charge < -0.3 is 30.5 Å². The summed E-state index contributed by atoms with van der Waals surface area (Å²) in [7, 11) is 0. The molecular weight excluding hydrogens is 281 g/mol. The Morgan fingerprint density at radius 2 is 1.95 bits per heavy atom. The van der Waals surface area contributed by atoms with E-state index in [4.69, 9.17) is 10.2 Å². The van der Waals surface area contributed by atoms with Crippen molar-refractivity contribution in [1.29, 1.82) is 0 Å². The fourth-order valence-corrected chi connectivity index (χ4v) is 1.22. The van der Waals surface area contributed by atoms with Crippen molar-refractivity contribution in [2.45, 2.75) is 24.4 Å². The highest BCUT2D eigenvalue weighted by Gasteiger charge is 2.33. The molecule has 0 saturated heterocycles. The zero-order valence-electron chi connectivity index (χ0n) is 10.3. The van der Waals surface area contributed by atoms with Crippen LogP contribution >= 0.6 is 0 Å². The van der Waals surface area contributed by atoms with Crippen molar-refractivity contribution in [3.05, 3.63) is 4.91 Å². The Balaban J connectivity index is 4.72. The zero-order chi connectivity index (χ0) is 15.7. The van der Waals surface area contributed by atoms with Gasteiger partial charge >= 0.3 is 6.03 Å². The van der Waals surface area contributed by atoms with Gasteiger partial charge in [-0.3, -0.25) is 0 Å². The van der Waals surface area contributed by atoms with E-state index < -0.39 is 50.2 Å². The van der Waals surface area contributed by atoms with Crippen LogP contribution in [-0.2, 0) is 4.79 Å². The van der Waals surface area contributed by atoms with E-state index in [-0.39, 0.29) is 11.3 Å². The summed E-state index contributed by atoms with van der Waals surface area (Å²) in [4.78, 5) is 32.4. The van der Waals surface area contributed by atoms with Crippen LogP contribution in [0.3, 0.4) is 0 Å². The van der Waals surface area contributed by atoms with Crippen LogP contribution in [0.25, 0.3) is 0 Å². The minimum atomic E-state index is -1.95. The van der Waals surface area contributed by atoms with Gasteiger partial charge in [-0.2, -0.15) is 5.01 Å². The highest BCUT2D eigenvalue weighted by Crippen LogP contribution is 2.05. The van der Waals surface area contributed by atoms with Crippen molar-refractivity contribution < 1.29 is 34.4 Å². The molecule has 11 heteroatoms. The molecule has 0 bridgehead atoms. The summed E-state index contributed by atoms with van der Waals surface area (Å²) in [6, 6.07) is -2.96. The van der Waals surface area contributed by atoms with Gasteiger partial charge in [-0.15, -0.1) is 4.91 Å². The molecule has 0 aromatic rings. The average molecular weight is 297 g/mol. The molecular formula is C9H16FN3O7. The van der Waals surface area contributed by atoms with Crippen LogP contribution in [-0.4, -0.2) is 81.9 Å². The fourth-order valence-electron chi connectivity index (χ4n) is 1.22. The predicted octanol–water partition coefficient (Wildman–Crippen LogP) is -2.71. The van der Waals surface area contributed by atoms with E-state index in [1.165, 1.54) is 0 Å². The van der Waals surface area contributed by atoms with Crippen LogP contribution in [0.5, 0.6) is 0 Å². The smallest absolute Gasteiger partial charge is 0.341 e. The van der Waals surface area contributed by atoms with Crippen molar-refractivity contribution in [3.63, 3.8) is 0 Å². The van der Waals surface area contributed by atoms with Crippen LogP contribution in [0.15, 0.2) is 5.29 Å². The number of nitrogens with zero attached hydrogens (tertiary/aromatic N) is 2. The van der Waals surface area contributed by atoms with Crippen LogP contribution < -0.4 is 5.32 Å². The van der Waals surface area contributed by atoms with E-state index in [2.05, 4.69) is 5.29 Å². The molecule has 5 N–H and O–H groups in total. The summed E-state index contributed by atoms with van der Waals surface area (Å²) in [5.41, 5.74) is 0. The van der Waals surface area contributed by atoms with Gasteiger partial charge in [0.2, 0.25) is 0 Å². The highest BCUT2D eigenvalue weighted by atomic mass is 19.1. The molecule has 2 amide bonds. The Bertz CT molecular complexity index is 333. The third-order valence-corrected chi connectivity index (χ3v) is 2.37. The molecule has 0 spiro atoms. The normalized spacial score (nSPS) is 16.6. The van der Waals surface area contributed by atoms with E-state index in [1.54, 1.807) is 0 Å². The molecule has 0 aliphatic carbocycles. The summed E-state index contributed by atoms with van der Waals surface area (Å²) in [6.45, 7) is -2.60. The number of aliphatic hydroxyl groups excluding tert-OH is 4. The lowest BCUT2D eigenvalue weighted by molar-refractivity contribution is -0.119. The van der Waals surface area contributed by atoms with Crippen molar-refractivity contribution in [1.82, 2.24) is 10.3 Å². The summed E-state index contributed by atoms with van der Waals surface area (Å²) >= 11 is 0. The monoisotopic (exact) mass is 297 g/mol. The number of carbonyl (C=O) groups excluding carboxylic acids is 2. The van der Waals surface area contributed by atoms with E-state index in [9.17, 15) is 29.1 Å². The summed E-state index contributed by atoms with van der Waals surface area (Å²) < 4.78 is 12.0. The number of hydrogen-bond acceptors (Lipinski definition) is 8. The van der Waals surface area contributed by atoms with Crippen molar-refractivity contribution in [3.8, 4) is 0 Å². The molecule has 0 unspecified atom stereocenters. The highest BCUT2D eigenvalue weighted by molar-refractivity contribution is 5.78. The fraction of sp³-hybridized carbons (Fsp3) is 0.778. The first-order valence-corrected chi connectivity index (χ1v) is 5.50. The minimum absolute atomic E-state index is 0.0360. The molecule has 10 nitrogen and oxygen atoms in total. The maximum atomic E-state index is 12.0. The molecule has 116 valence electrons. The van der Waals surface area contributed by atoms with E-state index in [0.29, 0.717) is 0 Å². The maximum absolute atomic E-state index is 12.0. The standard InChI is InChI=1S/C9H16FN3O7/c10-1-2-13(12-20)9(19)11-5(3-14)7(17)8(18)6(16)4-15/h3,5-8,15-18H,1-2,4H2,(H,11,19)/t5-,6+,7+,8+/m0/s1.